The summed E-state index contributed by atoms with van der Waals surface area (Å²) >= 11 is 2.27. The van der Waals surface area contributed by atoms with Crippen LogP contribution in [0.2, 0.25) is 0 Å². The largest absolute Gasteiger partial charge is 0.492 e. The second-order valence-corrected chi connectivity index (χ2v) is 10.0. The number of rotatable bonds is 6. The topological polar surface area (TPSA) is 42.8 Å². The lowest BCUT2D eigenvalue weighted by molar-refractivity contribution is 0.309. The average molecular weight is 564 g/mol. The molecule has 174 valence electrons. The number of methoxy groups -OCH3 is 1. The van der Waals surface area contributed by atoms with Crippen LogP contribution in [-0.4, -0.2) is 19.9 Å². The summed E-state index contributed by atoms with van der Waals surface area (Å²) in [7, 11) is 1.67. The fraction of sp³-hybridized carbons (Fsp3) is 0.276. The van der Waals surface area contributed by atoms with Gasteiger partial charge in [0.1, 0.15) is 0 Å². The van der Waals surface area contributed by atoms with Gasteiger partial charge in [-0.1, -0.05) is 42.0 Å². The number of nitrogens with zero attached hydrogens (tertiary/aromatic N) is 1. The highest BCUT2D eigenvalue weighted by atomic mass is 127. The molecule has 3 atom stereocenters. The Labute approximate surface area is 215 Å². The molecule has 4 nitrogen and oxygen atoms in total. The van der Waals surface area contributed by atoms with Crippen LogP contribution >= 0.6 is 22.6 Å². The molecule has 0 fully saturated rings. The van der Waals surface area contributed by atoms with Crippen molar-refractivity contribution in [3.05, 3.63) is 92.6 Å². The summed E-state index contributed by atoms with van der Waals surface area (Å²) in [6, 6.07) is 19.7. The number of benzene rings is 3. The summed E-state index contributed by atoms with van der Waals surface area (Å²) in [5, 5.41) is 3.82. The smallest absolute Gasteiger partial charge is 0.174 e. The monoisotopic (exact) mass is 564 g/mol. The zero-order chi connectivity index (χ0) is 23.7. The highest BCUT2D eigenvalue weighted by molar-refractivity contribution is 14.1. The number of allylic oxidation sites excluding steroid dienone is 2. The molecule has 0 spiro atoms. The molecule has 2 aliphatic rings. The lowest BCUT2D eigenvalue weighted by atomic mass is 9.76. The lowest BCUT2D eigenvalue weighted by Gasteiger charge is -2.37. The van der Waals surface area contributed by atoms with Crippen molar-refractivity contribution in [3.63, 3.8) is 0 Å². The van der Waals surface area contributed by atoms with Gasteiger partial charge in [-0.25, -0.2) is 0 Å². The Morgan fingerprint density at radius 2 is 1.94 bits per heavy atom. The summed E-state index contributed by atoms with van der Waals surface area (Å²) in [5.41, 5.74) is 7.22. The van der Waals surface area contributed by atoms with Crippen molar-refractivity contribution in [2.45, 2.75) is 32.2 Å². The zero-order valence-electron chi connectivity index (χ0n) is 19.7. The van der Waals surface area contributed by atoms with E-state index in [9.17, 15) is 0 Å². The molecule has 0 unspecified atom stereocenters. The number of fused-ring (bicyclic) bond motifs is 3. The summed E-state index contributed by atoms with van der Waals surface area (Å²) in [6.45, 7) is 4.73. The zero-order valence-corrected chi connectivity index (χ0v) is 21.9. The van der Waals surface area contributed by atoms with Crippen molar-refractivity contribution in [1.82, 2.24) is 0 Å². The molecule has 0 radical (unpaired) electrons. The standard InChI is InChI=1S/C29H29IN2O2/c1-4-34-27-16-19(15-25(30)29(27)33-3)17-31-21-11-9-20(10-12-21)28-23-7-5-6-22(23)24-14-18(2)8-13-26(24)32-28/h5-6,8-17,22-23,28,32H,4,7H2,1-3H3/t22-,23-,28-/m0/s1. The van der Waals surface area contributed by atoms with Gasteiger partial charge < -0.3 is 14.8 Å². The van der Waals surface area contributed by atoms with Gasteiger partial charge in [-0.2, -0.15) is 0 Å². The maximum atomic E-state index is 5.75. The third-order valence-corrected chi connectivity index (χ3v) is 7.47. The van der Waals surface area contributed by atoms with Crippen molar-refractivity contribution in [1.29, 1.82) is 0 Å². The molecule has 1 aliphatic carbocycles. The van der Waals surface area contributed by atoms with Crippen LogP contribution in [0, 0.1) is 16.4 Å². The lowest BCUT2D eigenvalue weighted by Crippen LogP contribution is -2.29. The fourth-order valence-corrected chi connectivity index (χ4v) is 5.93. The van der Waals surface area contributed by atoms with Gasteiger partial charge in [-0.15, -0.1) is 0 Å². The second kappa shape index (κ2) is 9.82. The Hall–Kier alpha value is -2.80. The van der Waals surface area contributed by atoms with Crippen LogP contribution in [0.15, 0.2) is 71.7 Å². The van der Waals surface area contributed by atoms with Gasteiger partial charge in [0.05, 0.1) is 29.0 Å². The first-order chi connectivity index (χ1) is 16.6. The van der Waals surface area contributed by atoms with Gasteiger partial charge in [0.25, 0.3) is 0 Å². The van der Waals surface area contributed by atoms with Crippen LogP contribution < -0.4 is 14.8 Å². The molecule has 0 aromatic heterocycles. The number of hydrogen-bond donors (Lipinski definition) is 1. The molecule has 3 aromatic carbocycles. The summed E-state index contributed by atoms with van der Waals surface area (Å²) in [6.07, 6.45) is 7.72. The quantitative estimate of drug-likeness (QED) is 0.191. The predicted molar refractivity (Wildman–Crippen MR) is 148 cm³/mol. The van der Waals surface area contributed by atoms with Crippen molar-refractivity contribution in [3.8, 4) is 11.5 Å². The van der Waals surface area contributed by atoms with E-state index in [4.69, 9.17) is 14.5 Å². The van der Waals surface area contributed by atoms with Crippen LogP contribution in [0.1, 0.15) is 47.6 Å². The van der Waals surface area contributed by atoms with E-state index in [1.165, 1.54) is 22.4 Å². The van der Waals surface area contributed by atoms with Gasteiger partial charge in [0.2, 0.25) is 0 Å². The molecule has 5 rings (SSSR count). The molecule has 1 aliphatic heterocycles. The Kier molecular flexibility index (Phi) is 6.63. The fourth-order valence-electron chi connectivity index (χ4n) is 5.08. The van der Waals surface area contributed by atoms with Gasteiger partial charge in [0.15, 0.2) is 11.5 Å². The molecule has 0 saturated carbocycles. The number of aryl methyl sites for hydroxylation is 1. The normalized spacial score (nSPS) is 20.6. The summed E-state index contributed by atoms with van der Waals surface area (Å²) in [4.78, 5) is 4.72. The SMILES string of the molecule is CCOc1cc(C=Nc2ccc([C@@H]3Nc4ccc(C)cc4[C@H]4C=CC[C@@H]43)cc2)cc(I)c1OC. The molecule has 5 heteroatoms. The number of hydrogen-bond acceptors (Lipinski definition) is 4. The summed E-state index contributed by atoms with van der Waals surface area (Å²) in [5.74, 6) is 2.53. The number of anilines is 1. The maximum Gasteiger partial charge on any atom is 0.174 e. The highest BCUT2D eigenvalue weighted by Crippen LogP contribution is 2.50. The number of nitrogens with one attached hydrogen (secondary N) is 1. The number of aliphatic imine (C=N–C) groups is 1. The summed E-state index contributed by atoms with van der Waals surface area (Å²) < 4.78 is 12.2. The molecular formula is C29H29IN2O2. The molecular weight excluding hydrogens is 535 g/mol. The molecule has 0 saturated heterocycles. The Balaban J connectivity index is 1.36. The molecule has 0 bridgehead atoms. The Morgan fingerprint density at radius 1 is 1.12 bits per heavy atom. The van der Waals surface area contributed by atoms with Crippen molar-refractivity contribution < 1.29 is 9.47 Å². The van der Waals surface area contributed by atoms with E-state index in [0.29, 0.717) is 24.5 Å². The van der Waals surface area contributed by atoms with Gasteiger partial charge in [-0.3, -0.25) is 4.99 Å². The van der Waals surface area contributed by atoms with Crippen molar-refractivity contribution in [2.24, 2.45) is 10.9 Å². The third kappa shape index (κ3) is 4.45. The second-order valence-electron chi connectivity index (χ2n) is 8.88. The maximum absolute atomic E-state index is 5.75. The first-order valence-electron chi connectivity index (χ1n) is 11.8. The van der Waals surface area contributed by atoms with Gasteiger partial charge in [-0.05, 0) is 95.8 Å². The van der Waals surface area contributed by atoms with E-state index >= 15 is 0 Å². The Bertz CT molecular complexity index is 1250. The first kappa shape index (κ1) is 23.0. The molecule has 0 amide bonds. The van der Waals surface area contributed by atoms with Crippen LogP contribution in [0.4, 0.5) is 11.4 Å². The molecule has 34 heavy (non-hydrogen) atoms. The van der Waals surface area contributed by atoms with E-state index in [0.717, 1.165) is 32.7 Å². The van der Waals surface area contributed by atoms with E-state index < -0.39 is 0 Å². The average Bonchev–Trinajstić information content (AvgIpc) is 3.33. The van der Waals surface area contributed by atoms with Crippen LogP contribution in [0.5, 0.6) is 11.5 Å². The minimum absolute atomic E-state index is 0.296. The minimum atomic E-state index is 0.296. The van der Waals surface area contributed by atoms with Crippen LogP contribution in [0.25, 0.3) is 0 Å². The van der Waals surface area contributed by atoms with E-state index in [2.05, 4.69) is 95.5 Å². The van der Waals surface area contributed by atoms with E-state index in [-0.39, 0.29) is 0 Å². The van der Waals surface area contributed by atoms with E-state index in [1.807, 2.05) is 19.2 Å². The predicted octanol–water partition coefficient (Wildman–Crippen LogP) is 7.58. The number of halogens is 1. The first-order valence-corrected chi connectivity index (χ1v) is 12.8. The molecule has 1 N–H and O–H groups in total. The van der Waals surface area contributed by atoms with Crippen LogP contribution in [0.3, 0.4) is 0 Å². The molecule has 1 heterocycles. The van der Waals surface area contributed by atoms with Gasteiger partial charge in [0, 0.05) is 17.8 Å². The van der Waals surface area contributed by atoms with Gasteiger partial charge >= 0.3 is 0 Å². The van der Waals surface area contributed by atoms with E-state index in [1.54, 1.807) is 7.11 Å². The highest BCUT2D eigenvalue weighted by Gasteiger charge is 2.37. The van der Waals surface area contributed by atoms with Crippen LogP contribution in [-0.2, 0) is 0 Å². The minimum Gasteiger partial charge on any atom is -0.492 e. The molecule has 3 aromatic rings. The Morgan fingerprint density at radius 3 is 2.71 bits per heavy atom. The number of ether oxygens (including phenoxy) is 2. The van der Waals surface area contributed by atoms with Crippen molar-refractivity contribution >= 4 is 40.2 Å². The van der Waals surface area contributed by atoms with Crippen molar-refractivity contribution in [2.75, 3.05) is 19.0 Å². The third-order valence-electron chi connectivity index (χ3n) is 6.67.